The molecule has 0 amide bonds. The van der Waals surface area contributed by atoms with Gasteiger partial charge in [0.25, 0.3) is 0 Å². The topological polar surface area (TPSA) is 57.5 Å². The molecule has 0 radical (unpaired) electrons. The summed E-state index contributed by atoms with van der Waals surface area (Å²) in [7, 11) is 0. The summed E-state index contributed by atoms with van der Waals surface area (Å²) in [5.41, 5.74) is 1.69. The fraction of sp³-hybridized carbons (Fsp3) is 0.0714. The number of phenolic OH excluding ortho intramolecular Hbond substituents is 1. The number of aromatic hydroxyl groups is 1. The lowest BCUT2D eigenvalue weighted by molar-refractivity contribution is 0.0696. The molecule has 3 nitrogen and oxygen atoms in total. The first kappa shape index (κ1) is 12.1. The average Bonchev–Trinajstić information content (AvgIpc) is 2.26. The molecule has 0 aliphatic heterocycles. The molecule has 2 aromatic carbocycles. The van der Waals surface area contributed by atoms with E-state index in [0.717, 1.165) is 11.6 Å². The van der Waals surface area contributed by atoms with Gasteiger partial charge in [0.2, 0.25) is 0 Å². The Hall–Kier alpha value is -2.36. The number of benzene rings is 2. The van der Waals surface area contributed by atoms with Gasteiger partial charge in [0.05, 0.1) is 5.56 Å². The van der Waals surface area contributed by atoms with E-state index < -0.39 is 11.8 Å². The van der Waals surface area contributed by atoms with Crippen LogP contribution in [0.4, 0.5) is 4.39 Å². The van der Waals surface area contributed by atoms with Gasteiger partial charge in [-0.3, -0.25) is 0 Å². The molecule has 0 fully saturated rings. The van der Waals surface area contributed by atoms with Gasteiger partial charge < -0.3 is 10.2 Å². The number of carboxylic acid groups (broad SMARTS) is 1. The van der Waals surface area contributed by atoms with Crippen LogP contribution in [-0.4, -0.2) is 16.2 Å². The van der Waals surface area contributed by atoms with Crippen molar-refractivity contribution in [3.05, 3.63) is 53.3 Å². The van der Waals surface area contributed by atoms with Crippen molar-refractivity contribution in [3.8, 4) is 16.9 Å². The molecule has 0 spiro atoms. The number of hydrogen-bond donors (Lipinski definition) is 2. The van der Waals surface area contributed by atoms with Gasteiger partial charge in [-0.2, -0.15) is 0 Å². The zero-order valence-electron chi connectivity index (χ0n) is 9.64. The van der Waals surface area contributed by atoms with E-state index in [0.29, 0.717) is 11.1 Å². The van der Waals surface area contributed by atoms with Crippen LogP contribution in [0.5, 0.6) is 5.75 Å². The summed E-state index contributed by atoms with van der Waals surface area (Å²) in [6.45, 7) is 1.79. The lowest BCUT2D eigenvalue weighted by Gasteiger charge is -2.06. The number of halogens is 1. The SMILES string of the molecule is Cc1cc(O)cc(-c2cc(F)cc(C(=O)O)c2)c1. The van der Waals surface area contributed by atoms with E-state index in [9.17, 15) is 14.3 Å². The highest BCUT2D eigenvalue weighted by atomic mass is 19.1. The zero-order valence-corrected chi connectivity index (χ0v) is 9.64. The Bertz CT molecular complexity index is 600. The van der Waals surface area contributed by atoms with Crippen molar-refractivity contribution in [1.29, 1.82) is 0 Å². The van der Waals surface area contributed by atoms with Crippen LogP contribution < -0.4 is 0 Å². The average molecular weight is 246 g/mol. The van der Waals surface area contributed by atoms with Crippen LogP contribution in [0.3, 0.4) is 0 Å². The van der Waals surface area contributed by atoms with Crippen molar-refractivity contribution in [1.82, 2.24) is 0 Å². The summed E-state index contributed by atoms with van der Waals surface area (Å²) in [6, 6.07) is 8.36. The smallest absolute Gasteiger partial charge is 0.335 e. The molecule has 2 aromatic rings. The summed E-state index contributed by atoms with van der Waals surface area (Å²) in [6.07, 6.45) is 0. The fourth-order valence-corrected chi connectivity index (χ4v) is 1.81. The first-order chi connectivity index (χ1) is 8.45. The molecule has 0 aliphatic rings. The standard InChI is InChI=1S/C14H11FO3/c1-8-2-9(7-13(16)3-8)10-4-11(14(17)18)6-12(15)5-10/h2-7,16H,1H3,(H,17,18). The Labute approximate surface area is 103 Å². The van der Waals surface area contributed by atoms with Gasteiger partial charge in [0, 0.05) is 0 Å². The molecule has 0 atom stereocenters. The van der Waals surface area contributed by atoms with E-state index in [2.05, 4.69) is 0 Å². The van der Waals surface area contributed by atoms with E-state index in [4.69, 9.17) is 5.11 Å². The highest BCUT2D eigenvalue weighted by molar-refractivity contribution is 5.89. The van der Waals surface area contributed by atoms with E-state index >= 15 is 0 Å². The third kappa shape index (κ3) is 2.48. The number of carboxylic acids is 1. The highest BCUT2D eigenvalue weighted by Crippen LogP contribution is 2.26. The molecule has 0 aliphatic carbocycles. The van der Waals surface area contributed by atoms with Crippen molar-refractivity contribution in [3.63, 3.8) is 0 Å². The lowest BCUT2D eigenvalue weighted by atomic mass is 10.0. The van der Waals surface area contributed by atoms with Crippen LogP contribution in [0.1, 0.15) is 15.9 Å². The third-order valence-electron chi connectivity index (χ3n) is 2.54. The van der Waals surface area contributed by atoms with Crippen LogP contribution in [0.25, 0.3) is 11.1 Å². The Balaban J connectivity index is 2.59. The van der Waals surface area contributed by atoms with Gasteiger partial charge in [-0.25, -0.2) is 9.18 Å². The zero-order chi connectivity index (χ0) is 13.3. The molecule has 2 rings (SSSR count). The van der Waals surface area contributed by atoms with Crippen molar-refractivity contribution in [2.75, 3.05) is 0 Å². The lowest BCUT2D eigenvalue weighted by Crippen LogP contribution is -1.97. The largest absolute Gasteiger partial charge is 0.508 e. The number of aryl methyl sites for hydroxylation is 1. The molecule has 4 heteroatoms. The molecule has 2 N–H and O–H groups in total. The van der Waals surface area contributed by atoms with Crippen LogP contribution in [-0.2, 0) is 0 Å². The van der Waals surface area contributed by atoms with Gasteiger partial charge in [0.1, 0.15) is 11.6 Å². The first-order valence-electron chi connectivity index (χ1n) is 5.30. The first-order valence-corrected chi connectivity index (χ1v) is 5.30. The van der Waals surface area contributed by atoms with E-state index in [1.54, 1.807) is 19.1 Å². The maximum absolute atomic E-state index is 13.3. The van der Waals surface area contributed by atoms with Gasteiger partial charge >= 0.3 is 5.97 Å². The summed E-state index contributed by atoms with van der Waals surface area (Å²) < 4.78 is 13.3. The summed E-state index contributed by atoms with van der Waals surface area (Å²) in [5.74, 6) is -1.75. The van der Waals surface area contributed by atoms with Gasteiger partial charge in [-0.1, -0.05) is 6.07 Å². The monoisotopic (exact) mass is 246 g/mol. The highest BCUT2D eigenvalue weighted by Gasteiger charge is 2.09. The second-order valence-corrected chi connectivity index (χ2v) is 4.09. The van der Waals surface area contributed by atoms with Gasteiger partial charge in [-0.05, 0) is 53.9 Å². The van der Waals surface area contributed by atoms with E-state index in [1.165, 1.54) is 18.2 Å². The molecule has 92 valence electrons. The quantitative estimate of drug-likeness (QED) is 0.855. The molecule has 18 heavy (non-hydrogen) atoms. The second kappa shape index (κ2) is 4.49. The fourth-order valence-electron chi connectivity index (χ4n) is 1.81. The van der Waals surface area contributed by atoms with Crippen molar-refractivity contribution in [2.24, 2.45) is 0 Å². The molecular formula is C14H11FO3. The number of carbonyl (C=O) groups is 1. The van der Waals surface area contributed by atoms with E-state index in [-0.39, 0.29) is 11.3 Å². The summed E-state index contributed by atoms with van der Waals surface area (Å²) >= 11 is 0. The van der Waals surface area contributed by atoms with Crippen LogP contribution >= 0.6 is 0 Å². The number of phenols is 1. The minimum absolute atomic E-state index is 0.0612. The molecular weight excluding hydrogens is 235 g/mol. The maximum Gasteiger partial charge on any atom is 0.335 e. The van der Waals surface area contributed by atoms with Crippen LogP contribution in [0.15, 0.2) is 36.4 Å². The minimum atomic E-state index is -1.19. The molecule has 0 saturated heterocycles. The van der Waals surface area contributed by atoms with Crippen molar-refractivity contribution < 1.29 is 19.4 Å². The maximum atomic E-state index is 13.3. The Morgan fingerprint density at radius 2 is 1.72 bits per heavy atom. The van der Waals surface area contributed by atoms with Crippen LogP contribution in [0, 0.1) is 12.7 Å². The molecule has 0 saturated carbocycles. The Morgan fingerprint density at radius 1 is 1.06 bits per heavy atom. The predicted molar refractivity (Wildman–Crippen MR) is 65.2 cm³/mol. The predicted octanol–water partition coefficient (Wildman–Crippen LogP) is 3.20. The minimum Gasteiger partial charge on any atom is -0.508 e. The summed E-state index contributed by atoms with van der Waals surface area (Å²) in [5, 5.41) is 18.4. The third-order valence-corrected chi connectivity index (χ3v) is 2.54. The second-order valence-electron chi connectivity index (χ2n) is 4.09. The number of aromatic carboxylic acids is 1. The Kier molecular flexibility index (Phi) is 3.02. The summed E-state index contributed by atoms with van der Waals surface area (Å²) in [4.78, 5) is 10.9. The van der Waals surface area contributed by atoms with Crippen molar-refractivity contribution in [2.45, 2.75) is 6.92 Å². The number of rotatable bonds is 2. The van der Waals surface area contributed by atoms with Crippen molar-refractivity contribution >= 4 is 5.97 Å². The number of hydrogen-bond acceptors (Lipinski definition) is 2. The molecule has 0 bridgehead atoms. The normalized spacial score (nSPS) is 10.3. The molecule has 0 aromatic heterocycles. The van der Waals surface area contributed by atoms with Crippen LogP contribution in [0.2, 0.25) is 0 Å². The molecule has 0 heterocycles. The van der Waals surface area contributed by atoms with Gasteiger partial charge in [-0.15, -0.1) is 0 Å². The van der Waals surface area contributed by atoms with E-state index in [1.807, 2.05) is 0 Å². The molecule has 0 unspecified atom stereocenters. The Morgan fingerprint density at radius 3 is 2.33 bits per heavy atom. The van der Waals surface area contributed by atoms with Gasteiger partial charge in [0.15, 0.2) is 0 Å².